The second-order valence-electron chi connectivity index (χ2n) is 29.6. The second-order valence-corrected chi connectivity index (χ2v) is 40.8. The molecule has 9 heterocycles. The van der Waals surface area contributed by atoms with Crippen LogP contribution < -0.4 is 14.7 Å². The van der Waals surface area contributed by atoms with E-state index in [4.69, 9.17) is 37.4 Å². The number of aromatic nitrogens is 1. The quantitative estimate of drug-likeness (QED) is 0.0433. The van der Waals surface area contributed by atoms with E-state index < -0.39 is 36.0 Å². The number of nitrogens with zero attached hydrogens (tertiary/aromatic N) is 7. The van der Waals surface area contributed by atoms with Crippen molar-refractivity contribution in [3.63, 3.8) is 0 Å². The molecule has 6 aromatic carbocycles. The molecule has 0 saturated carbocycles. The van der Waals surface area contributed by atoms with E-state index >= 15 is 0 Å². The summed E-state index contributed by atoms with van der Waals surface area (Å²) in [7, 11) is -6.20. The van der Waals surface area contributed by atoms with Crippen molar-refractivity contribution >= 4 is 188 Å². The molecule has 0 spiro atoms. The molecule has 7 aliphatic rings. The first-order chi connectivity index (χ1) is 54.3. The monoisotopic (exact) mass is 1750 g/mol. The first-order valence-corrected chi connectivity index (χ1v) is 46.5. The number of carbonyl (C=O) groups excluding carboxylic acids is 6. The maximum atomic E-state index is 13.6. The molecule has 0 radical (unpaired) electrons. The Morgan fingerprint density at radius 2 is 0.903 bits per heavy atom. The van der Waals surface area contributed by atoms with Crippen LogP contribution in [0.15, 0.2) is 120 Å². The molecular weight excluding hydrogens is 1670 g/mol. The normalized spacial score (nSPS) is 18.7. The van der Waals surface area contributed by atoms with Crippen LogP contribution in [0.25, 0.3) is 32.3 Å². The van der Waals surface area contributed by atoms with E-state index in [1.165, 1.54) is 40.2 Å². The van der Waals surface area contributed by atoms with Crippen molar-refractivity contribution in [3.05, 3.63) is 166 Å². The molecule has 22 nitrogen and oxygen atoms in total. The largest absolute Gasteiger partial charge is 0.385 e. The van der Waals surface area contributed by atoms with E-state index in [1.54, 1.807) is 43.0 Å². The lowest BCUT2D eigenvalue weighted by atomic mass is 9.89. The van der Waals surface area contributed by atoms with Crippen molar-refractivity contribution in [1.29, 1.82) is 0 Å². The summed E-state index contributed by atoms with van der Waals surface area (Å²) in [6.07, 6.45) is 10.8. The lowest BCUT2D eigenvalue weighted by Gasteiger charge is -2.31. The summed E-state index contributed by atoms with van der Waals surface area (Å²) < 4.78 is 101. The Hall–Kier alpha value is -6.78. The van der Waals surface area contributed by atoms with Gasteiger partial charge in [0.25, 0.3) is 47.8 Å². The van der Waals surface area contributed by atoms with Gasteiger partial charge in [0, 0.05) is 175 Å². The van der Waals surface area contributed by atoms with Gasteiger partial charge in [-0.2, -0.15) is 12.9 Å². The van der Waals surface area contributed by atoms with Gasteiger partial charge in [0.15, 0.2) is 8.42 Å². The zero-order valence-electron chi connectivity index (χ0n) is 63.2. The third-order valence-corrected chi connectivity index (χ3v) is 35.4. The summed E-state index contributed by atoms with van der Waals surface area (Å²) in [5.74, 6) is -1.15. The van der Waals surface area contributed by atoms with E-state index in [2.05, 4.69) is 20.9 Å². The highest BCUT2D eigenvalue weighted by molar-refractivity contribution is 9.10. The number of sulfonamides is 3. The molecule has 3 fully saturated rings. The molecule has 1 aliphatic carbocycles. The molecule has 6 aliphatic heterocycles. The molecule has 3 unspecified atom stereocenters. The minimum absolute atomic E-state index is 0.0152. The Morgan fingerprint density at radius 3 is 1.27 bits per heavy atom. The van der Waals surface area contributed by atoms with Crippen LogP contribution in [0.2, 0.25) is 9.36 Å². The average Bonchev–Trinajstić information content (AvgIpc) is 1.61. The predicted octanol–water partition coefficient (Wildman–Crippen LogP) is 15.0. The molecule has 9 aromatic rings. The number of hydrogen-bond acceptors (Lipinski definition) is 19. The van der Waals surface area contributed by atoms with E-state index in [-0.39, 0.29) is 108 Å². The third-order valence-electron chi connectivity index (χ3n) is 22.6. The standard InChI is InChI=1S/C30H34N2O5S2.C26H25BrCl2N2O5S2.C26H29N3O5S2/c1-37-16-6-15-32-25-13-12-20(23-9-4-10-24(29(23)25)30(32)34)17-26(33)22-8-5-14-31(19-22)39(35,36)28-18-21-7-2-3-11-27(21)38-28;1-36-12-4-11-31-19-9-8-15(17-6-2-7-18(21(17)19)25(31)33)13-20(32)16-5-3-10-30(14-16)38(34,35)26-22(27)23(28)24(29)37-26;1-17-26(35-16-27-17)36(32,33)28-11-4-6-19(15-28)23(30)14-18-9-10-22-24-20(18)7-3-8-21(24)25(31)29(22)12-5-13-34-2/h4,9-10,12-13,18,22H,2-3,5-8,11,14-17,19H2,1H3;2,6-9,16H,3-5,10-14H2,1H3;3,7-10,16,19H,4-6,11-15H2,1-2H3. The number of benzene rings is 6. The van der Waals surface area contributed by atoms with Crippen LogP contribution >= 0.6 is 73.1 Å². The number of anilines is 3. The van der Waals surface area contributed by atoms with Gasteiger partial charge in [-0.1, -0.05) is 77.8 Å². The molecule has 3 saturated heterocycles. The summed E-state index contributed by atoms with van der Waals surface area (Å²) in [4.78, 5) is 90.3. The van der Waals surface area contributed by atoms with Gasteiger partial charge in [-0.15, -0.1) is 34.0 Å². The number of halogens is 3. The molecule has 0 N–H and O–H groups in total. The van der Waals surface area contributed by atoms with Crippen LogP contribution in [0.5, 0.6) is 0 Å². The molecule has 16 rings (SSSR count). The molecule has 598 valence electrons. The van der Waals surface area contributed by atoms with Gasteiger partial charge in [-0.05, 0) is 187 Å². The minimum atomic E-state index is -3.86. The van der Waals surface area contributed by atoms with Crippen LogP contribution in [0.4, 0.5) is 17.1 Å². The van der Waals surface area contributed by atoms with E-state index in [0.29, 0.717) is 124 Å². The number of ketones is 3. The van der Waals surface area contributed by atoms with Crippen molar-refractivity contribution in [2.75, 3.05) is 115 Å². The van der Waals surface area contributed by atoms with Crippen molar-refractivity contribution in [2.45, 2.75) is 122 Å². The highest BCUT2D eigenvalue weighted by atomic mass is 79.9. The van der Waals surface area contributed by atoms with Gasteiger partial charge in [-0.25, -0.2) is 30.2 Å². The van der Waals surface area contributed by atoms with Gasteiger partial charge in [0.05, 0.1) is 37.8 Å². The predicted molar refractivity (Wildman–Crippen MR) is 447 cm³/mol. The Balaban J connectivity index is 0.000000141. The second kappa shape index (κ2) is 35.2. The lowest BCUT2D eigenvalue weighted by molar-refractivity contribution is -0.124. The Labute approximate surface area is 688 Å². The zero-order chi connectivity index (χ0) is 79.8. The highest BCUT2D eigenvalue weighted by Gasteiger charge is 2.41. The first-order valence-electron chi connectivity index (χ1n) is 38.2. The molecule has 3 amide bonds. The Bertz CT molecular complexity index is 5580. The summed E-state index contributed by atoms with van der Waals surface area (Å²) >= 11 is 18.8. The number of fused-ring (bicyclic) bond motifs is 1. The van der Waals surface area contributed by atoms with Crippen molar-refractivity contribution in [1.82, 2.24) is 17.9 Å². The molecule has 3 atom stereocenters. The number of Topliss-reactive ketones (excluding diaryl/α,β-unsaturated/α-hetero) is 3. The van der Waals surface area contributed by atoms with Gasteiger partial charge >= 0.3 is 0 Å². The van der Waals surface area contributed by atoms with Crippen molar-refractivity contribution in [3.8, 4) is 0 Å². The van der Waals surface area contributed by atoms with E-state index in [0.717, 1.165) is 134 Å². The van der Waals surface area contributed by atoms with Gasteiger partial charge in [0.1, 0.15) is 25.9 Å². The number of hydrogen-bond donors (Lipinski definition) is 0. The molecule has 31 heteroatoms. The highest BCUT2D eigenvalue weighted by Crippen LogP contribution is 2.47. The number of thiophene rings is 2. The van der Waals surface area contributed by atoms with Crippen LogP contribution in [0, 0.1) is 24.7 Å². The summed E-state index contributed by atoms with van der Waals surface area (Å²) in [6.45, 7) is 6.83. The average molecular weight is 1750 g/mol. The number of rotatable bonds is 27. The van der Waals surface area contributed by atoms with E-state index in [9.17, 15) is 54.0 Å². The molecule has 3 aromatic heterocycles. The Kier molecular flexibility index (Phi) is 25.8. The number of ether oxygens (including phenoxy) is 3. The van der Waals surface area contributed by atoms with Crippen LogP contribution in [-0.2, 0) is 90.8 Å². The number of amides is 3. The maximum absolute atomic E-state index is 13.6. The molecular formula is C82H88BrCl2N7O15S6. The zero-order valence-corrected chi connectivity index (χ0v) is 71.2. The summed E-state index contributed by atoms with van der Waals surface area (Å²) in [5, 5.41) is 5.53. The fourth-order valence-corrected chi connectivity index (χ4v) is 27.9. The first kappa shape index (κ1) is 82.7. The fraction of sp³-hybridized carbons (Fsp3) is 0.427. The minimum Gasteiger partial charge on any atom is -0.385 e. The third kappa shape index (κ3) is 16.6. The Morgan fingerprint density at radius 1 is 0.513 bits per heavy atom. The molecule has 113 heavy (non-hydrogen) atoms. The van der Waals surface area contributed by atoms with Crippen LogP contribution in [-0.4, -0.2) is 178 Å². The van der Waals surface area contributed by atoms with Crippen molar-refractivity contribution in [2.24, 2.45) is 17.8 Å². The number of piperidine rings is 3. The van der Waals surface area contributed by atoms with Gasteiger partial charge in [-0.3, -0.25) is 28.8 Å². The smallest absolute Gasteiger partial charge is 0.258 e. The summed E-state index contributed by atoms with van der Waals surface area (Å²) in [5.41, 5.74) is 10.4. The fourth-order valence-electron chi connectivity index (χ4n) is 16.8. The topological polar surface area (TPSA) is 265 Å². The number of methoxy groups -OCH3 is 3. The maximum Gasteiger partial charge on any atom is 0.258 e. The lowest BCUT2D eigenvalue weighted by Crippen LogP contribution is -2.42. The van der Waals surface area contributed by atoms with Crippen LogP contribution in [0.1, 0.15) is 135 Å². The van der Waals surface area contributed by atoms with E-state index in [1.807, 2.05) is 97.1 Å². The van der Waals surface area contributed by atoms with Crippen LogP contribution in [0.3, 0.4) is 0 Å². The van der Waals surface area contributed by atoms with Gasteiger partial charge < -0.3 is 28.9 Å². The van der Waals surface area contributed by atoms with Crippen molar-refractivity contribution < 1.29 is 68.2 Å². The molecule has 0 bridgehead atoms. The number of thiazole rings is 1. The summed E-state index contributed by atoms with van der Waals surface area (Å²) in [6, 6.07) is 30.4. The number of aryl methyl sites for hydroxylation is 3. The SMILES string of the molecule is COCCCN1C(=O)c2cccc3c(CC(=O)C4CCCN(S(=O)(=O)c5cc6c(s5)CCCC6)C4)ccc1c23.COCCCN1C(=O)c2cccc3c(CC(=O)C4CCCN(S(=O)(=O)c5sc(Cl)c(Cl)c5Br)C4)ccc1c23.COCCCN1C(=O)c2cccc3c(CC(=O)C4CCCN(S(=O)(=O)c5scnc5C)C4)ccc1c23. The van der Waals surface area contributed by atoms with Gasteiger partial charge in [0.2, 0.25) is 0 Å². The number of carbonyl (C=O) groups is 6.